The second-order valence-corrected chi connectivity index (χ2v) is 5.01. The predicted octanol–water partition coefficient (Wildman–Crippen LogP) is 2.62. The quantitative estimate of drug-likeness (QED) is 0.899. The van der Waals surface area contributed by atoms with Gasteiger partial charge in [-0.3, -0.25) is 4.57 Å². The maximum Gasteiger partial charge on any atom is 0.154 e. The van der Waals surface area contributed by atoms with E-state index in [1.165, 1.54) is 0 Å². The Hall–Kier alpha value is -1.68. The van der Waals surface area contributed by atoms with Crippen LogP contribution in [0.4, 0.5) is 0 Å². The molecule has 1 heterocycles. The van der Waals surface area contributed by atoms with Crippen LogP contribution in [0.3, 0.4) is 0 Å². The van der Waals surface area contributed by atoms with E-state index < -0.39 is 0 Å². The highest BCUT2D eigenvalue weighted by Crippen LogP contribution is 2.21. The first kappa shape index (κ1) is 12.8. The summed E-state index contributed by atoms with van der Waals surface area (Å²) in [6, 6.07) is 10.0. The number of aromatic nitrogens is 3. The molecule has 1 aromatic heterocycles. The van der Waals surface area contributed by atoms with Gasteiger partial charge in [-0.25, -0.2) is 0 Å². The number of para-hydroxylation sites is 1. The minimum atomic E-state index is -0.0774. The molecule has 4 heteroatoms. The molecule has 2 N–H and O–H groups in total. The van der Waals surface area contributed by atoms with Gasteiger partial charge in [0, 0.05) is 5.69 Å². The van der Waals surface area contributed by atoms with E-state index >= 15 is 0 Å². The molecule has 0 amide bonds. The van der Waals surface area contributed by atoms with Gasteiger partial charge in [-0.1, -0.05) is 32.0 Å². The summed E-state index contributed by atoms with van der Waals surface area (Å²) in [5.41, 5.74) is 7.29. The lowest BCUT2D eigenvalue weighted by Gasteiger charge is -2.15. The van der Waals surface area contributed by atoms with Gasteiger partial charge in [-0.15, -0.1) is 10.2 Å². The van der Waals surface area contributed by atoms with Crippen molar-refractivity contribution in [1.82, 2.24) is 14.8 Å². The van der Waals surface area contributed by atoms with Crippen molar-refractivity contribution in [2.75, 3.05) is 0 Å². The Bertz CT molecular complexity index is 502. The number of hydrogen-bond acceptors (Lipinski definition) is 3. The highest BCUT2D eigenvalue weighted by Gasteiger charge is 2.18. The first-order valence-corrected chi connectivity index (χ1v) is 6.32. The largest absolute Gasteiger partial charge is 0.321 e. The third-order valence-corrected chi connectivity index (χ3v) is 2.92. The van der Waals surface area contributed by atoms with Gasteiger partial charge in [0.25, 0.3) is 0 Å². The summed E-state index contributed by atoms with van der Waals surface area (Å²) >= 11 is 0. The molecule has 1 atom stereocenters. The van der Waals surface area contributed by atoms with E-state index in [0.717, 1.165) is 23.8 Å². The van der Waals surface area contributed by atoms with Crippen LogP contribution in [0.15, 0.2) is 30.3 Å². The van der Waals surface area contributed by atoms with Crippen LogP contribution in [0.2, 0.25) is 0 Å². The monoisotopic (exact) mass is 244 g/mol. The van der Waals surface area contributed by atoms with E-state index in [-0.39, 0.29) is 6.04 Å². The van der Waals surface area contributed by atoms with Gasteiger partial charge in [0.2, 0.25) is 0 Å². The molecule has 1 aromatic carbocycles. The molecule has 0 aliphatic carbocycles. The van der Waals surface area contributed by atoms with E-state index in [2.05, 4.69) is 24.0 Å². The van der Waals surface area contributed by atoms with Crippen LogP contribution in [-0.2, 0) is 0 Å². The van der Waals surface area contributed by atoms with Crippen LogP contribution >= 0.6 is 0 Å². The van der Waals surface area contributed by atoms with Crippen LogP contribution in [0.25, 0.3) is 5.69 Å². The molecule has 0 fully saturated rings. The molecular weight excluding hydrogens is 224 g/mol. The number of nitrogens with zero attached hydrogens (tertiary/aromatic N) is 3. The fraction of sp³-hybridized carbons (Fsp3) is 0.429. The van der Waals surface area contributed by atoms with Crippen LogP contribution < -0.4 is 5.73 Å². The predicted molar refractivity (Wildman–Crippen MR) is 72.5 cm³/mol. The molecule has 18 heavy (non-hydrogen) atoms. The fourth-order valence-corrected chi connectivity index (χ4v) is 2.13. The zero-order valence-corrected chi connectivity index (χ0v) is 11.2. The molecule has 0 aliphatic heterocycles. The zero-order valence-electron chi connectivity index (χ0n) is 11.2. The summed E-state index contributed by atoms with van der Waals surface area (Å²) in [6.45, 7) is 6.28. The van der Waals surface area contributed by atoms with Crippen LogP contribution in [0, 0.1) is 12.8 Å². The second kappa shape index (κ2) is 5.31. The van der Waals surface area contributed by atoms with Crippen molar-refractivity contribution in [3.8, 4) is 5.69 Å². The highest BCUT2D eigenvalue weighted by molar-refractivity contribution is 5.34. The maximum atomic E-state index is 6.22. The van der Waals surface area contributed by atoms with Gasteiger partial charge < -0.3 is 5.73 Å². The highest BCUT2D eigenvalue weighted by atomic mass is 15.3. The summed E-state index contributed by atoms with van der Waals surface area (Å²) in [7, 11) is 0. The third kappa shape index (κ3) is 2.59. The van der Waals surface area contributed by atoms with E-state index in [9.17, 15) is 0 Å². The topological polar surface area (TPSA) is 56.7 Å². The molecule has 0 bridgehead atoms. The number of aryl methyl sites for hydroxylation is 1. The molecule has 0 saturated carbocycles. The van der Waals surface area contributed by atoms with Gasteiger partial charge >= 0.3 is 0 Å². The Labute approximate surface area is 108 Å². The Morgan fingerprint density at radius 2 is 1.83 bits per heavy atom. The molecule has 0 aliphatic rings. The zero-order chi connectivity index (χ0) is 13.1. The molecule has 2 aromatic rings. The van der Waals surface area contributed by atoms with E-state index in [1.807, 2.05) is 41.8 Å². The minimum absolute atomic E-state index is 0.0774. The summed E-state index contributed by atoms with van der Waals surface area (Å²) in [4.78, 5) is 0. The first-order valence-electron chi connectivity index (χ1n) is 6.32. The van der Waals surface area contributed by atoms with Crippen molar-refractivity contribution in [2.24, 2.45) is 11.7 Å². The smallest absolute Gasteiger partial charge is 0.154 e. The minimum Gasteiger partial charge on any atom is -0.321 e. The standard InChI is InChI=1S/C14H20N4/c1-10(2)9-13(15)14-17-16-11(3)18(14)12-7-5-4-6-8-12/h4-8,10,13H,9,15H2,1-3H3. The average molecular weight is 244 g/mol. The summed E-state index contributed by atoms with van der Waals surface area (Å²) < 4.78 is 2.03. The van der Waals surface area contributed by atoms with Gasteiger partial charge in [-0.05, 0) is 31.4 Å². The van der Waals surface area contributed by atoms with Crippen molar-refractivity contribution in [1.29, 1.82) is 0 Å². The maximum absolute atomic E-state index is 6.22. The normalized spacial score (nSPS) is 12.9. The van der Waals surface area contributed by atoms with E-state index in [1.54, 1.807) is 0 Å². The molecule has 0 radical (unpaired) electrons. The number of nitrogens with two attached hydrogens (primary N) is 1. The van der Waals surface area contributed by atoms with Crippen LogP contribution in [0.1, 0.15) is 38.0 Å². The summed E-state index contributed by atoms with van der Waals surface area (Å²) in [5.74, 6) is 2.25. The number of benzene rings is 1. The molecule has 0 saturated heterocycles. The lowest BCUT2D eigenvalue weighted by atomic mass is 10.0. The molecule has 0 spiro atoms. The Morgan fingerprint density at radius 1 is 1.17 bits per heavy atom. The molecule has 1 unspecified atom stereocenters. The van der Waals surface area contributed by atoms with Crippen molar-refractivity contribution in [3.05, 3.63) is 42.0 Å². The molecule has 96 valence electrons. The second-order valence-electron chi connectivity index (χ2n) is 5.01. The lowest BCUT2D eigenvalue weighted by molar-refractivity contribution is 0.487. The van der Waals surface area contributed by atoms with Gasteiger partial charge in [-0.2, -0.15) is 0 Å². The van der Waals surface area contributed by atoms with Crippen molar-refractivity contribution < 1.29 is 0 Å². The van der Waals surface area contributed by atoms with Gasteiger partial charge in [0.1, 0.15) is 5.82 Å². The number of hydrogen-bond donors (Lipinski definition) is 1. The number of rotatable bonds is 4. The van der Waals surface area contributed by atoms with Crippen molar-refractivity contribution in [3.63, 3.8) is 0 Å². The Kier molecular flexibility index (Phi) is 3.77. The Morgan fingerprint density at radius 3 is 2.44 bits per heavy atom. The molecular formula is C14H20N4. The molecule has 4 nitrogen and oxygen atoms in total. The summed E-state index contributed by atoms with van der Waals surface area (Å²) in [6.07, 6.45) is 0.908. The molecule has 2 rings (SSSR count). The van der Waals surface area contributed by atoms with Crippen LogP contribution in [-0.4, -0.2) is 14.8 Å². The first-order chi connectivity index (χ1) is 8.59. The van der Waals surface area contributed by atoms with Crippen molar-refractivity contribution >= 4 is 0 Å². The van der Waals surface area contributed by atoms with Crippen LogP contribution in [0.5, 0.6) is 0 Å². The van der Waals surface area contributed by atoms with Gasteiger partial charge in [0.15, 0.2) is 5.82 Å². The van der Waals surface area contributed by atoms with E-state index in [4.69, 9.17) is 5.73 Å². The van der Waals surface area contributed by atoms with Crippen molar-refractivity contribution in [2.45, 2.75) is 33.2 Å². The van der Waals surface area contributed by atoms with E-state index in [0.29, 0.717) is 5.92 Å². The average Bonchev–Trinajstić information content (AvgIpc) is 2.71. The fourth-order valence-electron chi connectivity index (χ4n) is 2.13. The summed E-state index contributed by atoms with van der Waals surface area (Å²) in [5, 5.41) is 8.39. The SMILES string of the molecule is Cc1nnc(C(N)CC(C)C)n1-c1ccccc1. The Balaban J connectivity index is 2.39. The third-order valence-electron chi connectivity index (χ3n) is 2.92. The van der Waals surface area contributed by atoms with Gasteiger partial charge in [0.05, 0.1) is 6.04 Å². The lowest BCUT2D eigenvalue weighted by Crippen LogP contribution is -2.18.